The number of aromatic nitrogens is 2. The third kappa shape index (κ3) is 3.78. The van der Waals surface area contributed by atoms with E-state index in [1.165, 1.54) is 0 Å². The van der Waals surface area contributed by atoms with E-state index in [0.29, 0.717) is 17.8 Å². The zero-order chi connectivity index (χ0) is 18.9. The molecule has 7 heteroatoms. The largest absolute Gasteiger partial charge is 0.347 e. The fourth-order valence-corrected chi connectivity index (χ4v) is 4.90. The summed E-state index contributed by atoms with van der Waals surface area (Å²) in [6.45, 7) is 0. The summed E-state index contributed by atoms with van der Waals surface area (Å²) < 4.78 is 24.9. The van der Waals surface area contributed by atoms with Gasteiger partial charge in [0.05, 0.1) is 22.9 Å². The van der Waals surface area contributed by atoms with Crippen molar-refractivity contribution < 1.29 is 13.2 Å². The smallest absolute Gasteiger partial charge is 0.270 e. The summed E-state index contributed by atoms with van der Waals surface area (Å²) in [5.41, 5.74) is 2.74. The Labute approximate surface area is 157 Å². The lowest BCUT2D eigenvalue weighted by atomic mass is 10.1. The molecule has 2 heterocycles. The molecule has 0 unspecified atom stereocenters. The molecule has 138 valence electrons. The summed E-state index contributed by atoms with van der Waals surface area (Å²) in [5, 5.41) is 7.46. The average Bonchev–Trinajstić information content (AvgIpc) is 3.27. The molecule has 0 spiro atoms. The number of nitrogens with one attached hydrogen (secondary N) is 1. The maximum atomic E-state index is 12.9. The lowest BCUT2D eigenvalue weighted by Gasteiger charge is -2.12. The molecule has 3 aromatic rings. The summed E-state index contributed by atoms with van der Waals surface area (Å²) in [6.07, 6.45) is 0.444. The van der Waals surface area contributed by atoms with E-state index in [9.17, 15) is 13.2 Å². The predicted octanol–water partition coefficient (Wildman–Crippen LogP) is 2.46. The van der Waals surface area contributed by atoms with E-state index in [4.69, 9.17) is 0 Å². The Kier molecular flexibility index (Phi) is 4.53. The minimum atomic E-state index is -3.06. The molecule has 0 radical (unpaired) electrons. The molecule has 0 bridgehead atoms. The molecule has 2 aromatic carbocycles. The van der Waals surface area contributed by atoms with E-state index in [-0.39, 0.29) is 23.5 Å². The number of sulfone groups is 1. The van der Waals surface area contributed by atoms with Crippen LogP contribution in [-0.2, 0) is 9.84 Å². The molecule has 27 heavy (non-hydrogen) atoms. The first-order valence-corrected chi connectivity index (χ1v) is 10.6. The Morgan fingerprint density at radius 2 is 1.70 bits per heavy atom. The maximum absolute atomic E-state index is 12.9. The van der Waals surface area contributed by atoms with Gasteiger partial charge in [-0.3, -0.25) is 4.79 Å². The molecule has 0 aliphatic carbocycles. The highest BCUT2D eigenvalue weighted by Gasteiger charge is 2.30. The summed E-state index contributed by atoms with van der Waals surface area (Å²) in [6, 6.07) is 20.4. The van der Waals surface area contributed by atoms with E-state index in [2.05, 4.69) is 10.4 Å². The molecule has 6 nitrogen and oxygen atoms in total. The fraction of sp³-hybridized carbons (Fsp3) is 0.200. The molecule has 1 aliphatic rings. The van der Waals surface area contributed by atoms with Gasteiger partial charge < -0.3 is 5.32 Å². The molecule has 1 N–H and O–H groups in total. The number of para-hydroxylation sites is 1. The zero-order valence-electron chi connectivity index (χ0n) is 14.6. The Balaban J connectivity index is 1.70. The van der Waals surface area contributed by atoms with Crippen molar-refractivity contribution in [1.82, 2.24) is 15.1 Å². The fourth-order valence-electron chi connectivity index (χ4n) is 3.23. The van der Waals surface area contributed by atoms with Gasteiger partial charge in [0.2, 0.25) is 0 Å². The standard InChI is InChI=1S/C20H19N3O3S/c24-20(21-16-11-12-27(25,26)14-16)19-13-18(15-7-3-1-4-8-15)22-23(19)17-9-5-2-6-10-17/h1-10,13,16H,11-12,14H2,(H,21,24)/t16-/m1/s1. The zero-order valence-corrected chi connectivity index (χ0v) is 15.4. The van der Waals surface area contributed by atoms with Crippen LogP contribution in [0.1, 0.15) is 16.9 Å². The second-order valence-corrected chi connectivity index (χ2v) is 8.83. The quantitative estimate of drug-likeness (QED) is 0.753. The average molecular weight is 381 g/mol. The number of carbonyl (C=O) groups is 1. The van der Waals surface area contributed by atoms with Gasteiger partial charge in [-0.15, -0.1) is 0 Å². The van der Waals surface area contributed by atoms with E-state index >= 15 is 0 Å². The number of amides is 1. The topological polar surface area (TPSA) is 81.1 Å². The maximum Gasteiger partial charge on any atom is 0.270 e. The SMILES string of the molecule is O=C(N[C@@H]1CCS(=O)(=O)C1)c1cc(-c2ccccc2)nn1-c1ccccc1. The second kappa shape index (κ2) is 7.00. The van der Waals surface area contributed by atoms with Crippen molar-refractivity contribution in [3.8, 4) is 16.9 Å². The van der Waals surface area contributed by atoms with Gasteiger partial charge in [0.1, 0.15) is 5.69 Å². The van der Waals surface area contributed by atoms with Crippen molar-refractivity contribution >= 4 is 15.7 Å². The summed E-state index contributed by atoms with van der Waals surface area (Å²) in [7, 11) is -3.06. The molecule has 1 saturated heterocycles. The molecule has 1 atom stereocenters. The molecule has 1 aliphatic heterocycles. The first-order chi connectivity index (χ1) is 13.0. The van der Waals surface area contributed by atoms with Crippen LogP contribution in [0.2, 0.25) is 0 Å². The summed E-state index contributed by atoms with van der Waals surface area (Å²) in [5.74, 6) is -0.217. The van der Waals surface area contributed by atoms with Gasteiger partial charge in [0, 0.05) is 11.6 Å². The van der Waals surface area contributed by atoms with Crippen LogP contribution >= 0.6 is 0 Å². The van der Waals surface area contributed by atoms with Gasteiger partial charge in [-0.25, -0.2) is 13.1 Å². The van der Waals surface area contributed by atoms with Crippen molar-refractivity contribution in [2.24, 2.45) is 0 Å². The van der Waals surface area contributed by atoms with Gasteiger partial charge in [-0.1, -0.05) is 48.5 Å². The van der Waals surface area contributed by atoms with Crippen LogP contribution in [0.5, 0.6) is 0 Å². The van der Waals surface area contributed by atoms with Crippen LogP contribution in [-0.4, -0.2) is 41.7 Å². The minimum absolute atomic E-state index is 0.0102. The highest BCUT2D eigenvalue weighted by atomic mass is 32.2. The van der Waals surface area contributed by atoms with Crippen molar-refractivity contribution in [3.05, 3.63) is 72.4 Å². The highest BCUT2D eigenvalue weighted by molar-refractivity contribution is 7.91. The Morgan fingerprint density at radius 3 is 2.33 bits per heavy atom. The van der Waals surface area contributed by atoms with Crippen LogP contribution in [0.4, 0.5) is 0 Å². The van der Waals surface area contributed by atoms with Gasteiger partial charge in [0.25, 0.3) is 5.91 Å². The number of nitrogens with zero attached hydrogens (tertiary/aromatic N) is 2. The lowest BCUT2D eigenvalue weighted by molar-refractivity contribution is 0.0933. The predicted molar refractivity (Wildman–Crippen MR) is 104 cm³/mol. The monoisotopic (exact) mass is 381 g/mol. The molecular weight excluding hydrogens is 362 g/mol. The van der Waals surface area contributed by atoms with Crippen molar-refractivity contribution in [2.45, 2.75) is 12.5 Å². The van der Waals surface area contributed by atoms with Crippen LogP contribution in [0.15, 0.2) is 66.7 Å². The normalized spacial score (nSPS) is 18.3. The molecular formula is C20H19N3O3S. The summed E-state index contributed by atoms with van der Waals surface area (Å²) in [4.78, 5) is 12.9. The molecule has 1 aromatic heterocycles. The molecule has 1 fully saturated rings. The molecule has 1 amide bonds. The van der Waals surface area contributed by atoms with E-state index < -0.39 is 9.84 Å². The second-order valence-electron chi connectivity index (χ2n) is 6.60. The van der Waals surface area contributed by atoms with Gasteiger partial charge in [-0.2, -0.15) is 5.10 Å². The number of rotatable bonds is 4. The Morgan fingerprint density at radius 1 is 1.04 bits per heavy atom. The molecule has 0 saturated carbocycles. The van der Waals surface area contributed by atoms with E-state index in [1.807, 2.05) is 60.7 Å². The van der Waals surface area contributed by atoms with E-state index in [1.54, 1.807) is 10.7 Å². The van der Waals surface area contributed by atoms with Crippen molar-refractivity contribution in [3.63, 3.8) is 0 Å². The van der Waals surface area contributed by atoms with Crippen LogP contribution in [0.3, 0.4) is 0 Å². The van der Waals surface area contributed by atoms with Gasteiger partial charge in [0.15, 0.2) is 9.84 Å². The first kappa shape index (κ1) is 17.5. The minimum Gasteiger partial charge on any atom is -0.347 e. The van der Waals surface area contributed by atoms with Crippen molar-refractivity contribution in [1.29, 1.82) is 0 Å². The van der Waals surface area contributed by atoms with Crippen LogP contribution < -0.4 is 5.32 Å². The Hall–Kier alpha value is -2.93. The van der Waals surface area contributed by atoms with Gasteiger partial charge >= 0.3 is 0 Å². The Bertz CT molecular complexity index is 1060. The lowest BCUT2D eigenvalue weighted by Crippen LogP contribution is -2.36. The number of hydrogen-bond donors (Lipinski definition) is 1. The number of hydrogen-bond acceptors (Lipinski definition) is 4. The third-order valence-electron chi connectivity index (χ3n) is 4.58. The highest BCUT2D eigenvalue weighted by Crippen LogP contribution is 2.22. The van der Waals surface area contributed by atoms with E-state index in [0.717, 1.165) is 11.3 Å². The van der Waals surface area contributed by atoms with Crippen molar-refractivity contribution in [2.75, 3.05) is 11.5 Å². The number of carbonyl (C=O) groups excluding carboxylic acids is 1. The van der Waals surface area contributed by atoms with Crippen LogP contribution in [0, 0.1) is 0 Å². The number of benzene rings is 2. The summed E-state index contributed by atoms with van der Waals surface area (Å²) >= 11 is 0. The van der Waals surface area contributed by atoms with Crippen LogP contribution in [0.25, 0.3) is 16.9 Å². The first-order valence-electron chi connectivity index (χ1n) is 8.74. The third-order valence-corrected chi connectivity index (χ3v) is 6.35. The molecule has 4 rings (SSSR count). The van der Waals surface area contributed by atoms with Gasteiger partial charge in [-0.05, 0) is 24.6 Å².